The molecule has 0 radical (unpaired) electrons. The van der Waals surface area contributed by atoms with Crippen molar-refractivity contribution in [3.8, 4) is 5.75 Å². The number of hydrogen-bond donors (Lipinski definition) is 1. The maximum atomic E-state index is 13.3. The number of urea groups is 1. The van der Waals surface area contributed by atoms with Crippen LogP contribution < -0.4 is 19.9 Å². The van der Waals surface area contributed by atoms with Gasteiger partial charge in [0.25, 0.3) is 11.8 Å². The van der Waals surface area contributed by atoms with Crippen LogP contribution in [0.25, 0.3) is 0 Å². The van der Waals surface area contributed by atoms with E-state index in [1.54, 1.807) is 0 Å². The molecule has 2 atom stereocenters. The van der Waals surface area contributed by atoms with Gasteiger partial charge in [-0.15, -0.1) is 13.2 Å². The number of carbonyl (C=O) groups is 3. The number of benzene rings is 1. The van der Waals surface area contributed by atoms with Crippen molar-refractivity contribution in [1.29, 1.82) is 0 Å². The molecule has 11 heteroatoms. The number of anilines is 2. The van der Waals surface area contributed by atoms with Gasteiger partial charge in [0, 0.05) is 13.2 Å². The van der Waals surface area contributed by atoms with Crippen LogP contribution in [-0.2, 0) is 4.79 Å². The predicted octanol–water partition coefficient (Wildman–Crippen LogP) is 3.09. The molecule has 0 bridgehead atoms. The monoisotopic (exact) mass is 434 g/mol. The van der Waals surface area contributed by atoms with E-state index in [1.807, 2.05) is 6.92 Å². The summed E-state index contributed by atoms with van der Waals surface area (Å²) in [5.41, 5.74) is -0.586. The lowest BCUT2D eigenvalue weighted by atomic mass is 10.1. The third-order valence-corrected chi connectivity index (χ3v) is 5.42. The van der Waals surface area contributed by atoms with Crippen LogP contribution in [-0.4, -0.2) is 41.8 Å². The molecule has 1 saturated carbocycles. The fourth-order valence-corrected chi connectivity index (χ4v) is 3.84. The van der Waals surface area contributed by atoms with Crippen LogP contribution in [0.15, 0.2) is 42.6 Å². The fourth-order valence-electron chi connectivity index (χ4n) is 3.84. The highest BCUT2D eigenvalue weighted by molar-refractivity contribution is 6.32. The minimum absolute atomic E-state index is 0.0794. The molecule has 4 amide bonds. The summed E-state index contributed by atoms with van der Waals surface area (Å²) in [6.07, 6.45) is -3.07. The number of carbonyl (C=O) groups excluding carboxylic acids is 3. The number of hydrogen-bond acceptors (Lipinski definition) is 5. The normalized spacial score (nSPS) is 22.8. The summed E-state index contributed by atoms with van der Waals surface area (Å²) < 4.78 is 41.0. The van der Waals surface area contributed by atoms with Crippen LogP contribution in [0.3, 0.4) is 0 Å². The summed E-state index contributed by atoms with van der Waals surface area (Å²) in [7, 11) is 1.44. The molecule has 2 unspecified atom stereocenters. The Balaban J connectivity index is 1.70. The van der Waals surface area contributed by atoms with Crippen molar-refractivity contribution in [2.45, 2.75) is 25.2 Å². The van der Waals surface area contributed by atoms with E-state index in [2.05, 4.69) is 15.0 Å². The van der Waals surface area contributed by atoms with Gasteiger partial charge in [0.1, 0.15) is 17.0 Å². The van der Waals surface area contributed by atoms with Gasteiger partial charge in [-0.2, -0.15) is 0 Å². The van der Waals surface area contributed by atoms with E-state index in [-0.39, 0.29) is 17.3 Å². The molecule has 8 nitrogen and oxygen atoms in total. The van der Waals surface area contributed by atoms with Gasteiger partial charge in [-0.3, -0.25) is 19.5 Å². The van der Waals surface area contributed by atoms with Gasteiger partial charge >= 0.3 is 12.4 Å². The molecular formula is C20H17F3N4O4. The Bertz CT molecular complexity index is 1070. The Kier molecular flexibility index (Phi) is 4.64. The summed E-state index contributed by atoms with van der Waals surface area (Å²) in [5, 5.41) is 2.45. The topological polar surface area (TPSA) is 91.8 Å². The molecule has 1 aliphatic heterocycles. The lowest BCUT2D eigenvalue weighted by Crippen LogP contribution is -2.39. The van der Waals surface area contributed by atoms with E-state index in [0.29, 0.717) is 12.1 Å². The molecule has 2 fully saturated rings. The van der Waals surface area contributed by atoms with Crippen molar-refractivity contribution in [3.05, 3.63) is 48.3 Å². The Labute approximate surface area is 174 Å². The molecule has 162 valence electrons. The zero-order valence-electron chi connectivity index (χ0n) is 16.4. The smallest absolute Gasteiger partial charge is 0.406 e. The molecule has 2 heterocycles. The van der Waals surface area contributed by atoms with Gasteiger partial charge < -0.3 is 10.1 Å². The number of aromatic nitrogens is 1. The number of imide groups is 1. The van der Waals surface area contributed by atoms with E-state index in [1.165, 1.54) is 42.4 Å². The number of rotatable bonds is 4. The molecule has 1 N–H and O–H groups in total. The lowest BCUT2D eigenvalue weighted by Gasteiger charge is -2.22. The standard InChI is InChI=1S/C20H17F3N4O4/c1-11-10-19(11)17(29)26(12-3-5-14(6-4-12)31-20(21,22)23)18(30)27(19)13-7-8-25-15(9-13)16(28)24-2/h3-9,11H,10H2,1-2H3,(H,24,28). The summed E-state index contributed by atoms with van der Waals surface area (Å²) in [5.74, 6) is -1.54. The van der Waals surface area contributed by atoms with Gasteiger partial charge in [-0.05, 0) is 48.7 Å². The summed E-state index contributed by atoms with van der Waals surface area (Å²) >= 11 is 0. The highest BCUT2D eigenvalue weighted by Gasteiger charge is 2.70. The Hall–Kier alpha value is -3.63. The maximum Gasteiger partial charge on any atom is 0.573 e. The van der Waals surface area contributed by atoms with Gasteiger partial charge in [-0.1, -0.05) is 6.92 Å². The molecule has 31 heavy (non-hydrogen) atoms. The molecule has 1 aromatic carbocycles. The van der Waals surface area contributed by atoms with E-state index < -0.39 is 35.5 Å². The first kappa shape index (κ1) is 20.6. The Morgan fingerprint density at radius 2 is 1.84 bits per heavy atom. The van der Waals surface area contributed by atoms with Gasteiger partial charge in [0.15, 0.2) is 0 Å². The Morgan fingerprint density at radius 1 is 1.19 bits per heavy atom. The first-order valence-electron chi connectivity index (χ1n) is 9.31. The Morgan fingerprint density at radius 3 is 2.39 bits per heavy atom. The molecule has 2 aliphatic rings. The SMILES string of the molecule is CNC(=O)c1cc(N2C(=O)N(c3ccc(OC(F)(F)F)cc3)C(=O)C23CC3C)ccn1. The van der Waals surface area contributed by atoms with Crippen molar-refractivity contribution >= 4 is 29.2 Å². The van der Waals surface area contributed by atoms with Crippen LogP contribution in [0, 0.1) is 5.92 Å². The first-order chi connectivity index (χ1) is 14.6. The van der Waals surface area contributed by atoms with Crippen LogP contribution in [0.2, 0.25) is 0 Å². The largest absolute Gasteiger partial charge is 0.573 e. The van der Waals surface area contributed by atoms with Crippen LogP contribution in [0.1, 0.15) is 23.8 Å². The average Bonchev–Trinajstić information content (AvgIpc) is 3.33. The summed E-state index contributed by atoms with van der Waals surface area (Å²) in [6.45, 7) is 1.82. The minimum Gasteiger partial charge on any atom is -0.406 e. The lowest BCUT2D eigenvalue weighted by molar-refractivity contribution is -0.274. The summed E-state index contributed by atoms with van der Waals surface area (Å²) in [4.78, 5) is 44.7. The second-order valence-electron chi connectivity index (χ2n) is 7.31. The molecule has 1 spiro atoms. The van der Waals surface area contributed by atoms with Crippen LogP contribution in [0.5, 0.6) is 5.75 Å². The molecular weight excluding hydrogens is 417 g/mol. The van der Waals surface area contributed by atoms with Crippen molar-refractivity contribution in [1.82, 2.24) is 10.3 Å². The molecule has 1 aromatic heterocycles. The van der Waals surface area contributed by atoms with E-state index in [9.17, 15) is 27.6 Å². The zero-order valence-corrected chi connectivity index (χ0v) is 16.4. The van der Waals surface area contributed by atoms with Crippen LogP contribution >= 0.6 is 0 Å². The minimum atomic E-state index is -4.85. The highest BCUT2D eigenvalue weighted by Crippen LogP contribution is 2.55. The third kappa shape index (κ3) is 3.35. The van der Waals surface area contributed by atoms with E-state index in [4.69, 9.17) is 0 Å². The number of alkyl halides is 3. The number of nitrogens with zero attached hydrogens (tertiary/aromatic N) is 3. The molecule has 4 rings (SSSR count). The number of pyridine rings is 1. The van der Waals surface area contributed by atoms with Gasteiger partial charge in [0.05, 0.1) is 11.4 Å². The molecule has 2 aromatic rings. The third-order valence-electron chi connectivity index (χ3n) is 5.42. The van der Waals surface area contributed by atoms with Crippen molar-refractivity contribution in [2.75, 3.05) is 16.8 Å². The van der Waals surface area contributed by atoms with Gasteiger partial charge in [-0.25, -0.2) is 9.69 Å². The van der Waals surface area contributed by atoms with E-state index in [0.717, 1.165) is 17.0 Å². The fraction of sp³-hybridized carbons (Fsp3) is 0.300. The maximum absolute atomic E-state index is 13.3. The van der Waals surface area contributed by atoms with Crippen molar-refractivity contribution in [2.24, 2.45) is 5.92 Å². The first-order valence-corrected chi connectivity index (χ1v) is 9.31. The van der Waals surface area contributed by atoms with E-state index >= 15 is 0 Å². The number of ether oxygens (including phenoxy) is 1. The predicted molar refractivity (Wildman–Crippen MR) is 103 cm³/mol. The van der Waals surface area contributed by atoms with Gasteiger partial charge in [0.2, 0.25) is 0 Å². The molecule has 1 aliphatic carbocycles. The summed E-state index contributed by atoms with van der Waals surface area (Å²) in [6, 6.07) is 6.77. The zero-order chi connectivity index (χ0) is 22.6. The van der Waals surface area contributed by atoms with Crippen LogP contribution in [0.4, 0.5) is 29.3 Å². The van der Waals surface area contributed by atoms with Crippen molar-refractivity contribution < 1.29 is 32.3 Å². The number of halogens is 3. The number of nitrogens with one attached hydrogen (secondary N) is 1. The highest BCUT2D eigenvalue weighted by atomic mass is 19.4. The number of amides is 4. The second kappa shape index (κ2) is 6.96. The second-order valence-corrected chi connectivity index (χ2v) is 7.31. The molecule has 1 saturated heterocycles. The average molecular weight is 434 g/mol. The van der Waals surface area contributed by atoms with Crippen molar-refractivity contribution in [3.63, 3.8) is 0 Å². The quantitative estimate of drug-likeness (QED) is 0.747.